The molecule has 6 nitrogen and oxygen atoms in total. The van der Waals surface area contributed by atoms with Gasteiger partial charge in [-0.2, -0.15) is 0 Å². The van der Waals surface area contributed by atoms with Crippen molar-refractivity contribution in [1.82, 2.24) is 10.2 Å². The zero-order chi connectivity index (χ0) is 17.0. The molecule has 1 aliphatic rings. The summed E-state index contributed by atoms with van der Waals surface area (Å²) in [5.74, 6) is 0.0787. The van der Waals surface area contributed by atoms with Crippen LogP contribution in [0.1, 0.15) is 49.5 Å². The van der Waals surface area contributed by atoms with Crippen LogP contribution in [-0.4, -0.2) is 35.3 Å². The molecule has 1 atom stereocenters. The number of carbonyl (C=O) groups is 3. The van der Waals surface area contributed by atoms with Crippen molar-refractivity contribution in [3.05, 3.63) is 29.3 Å². The number of hydrogen-bond acceptors (Lipinski definition) is 4. The van der Waals surface area contributed by atoms with E-state index in [4.69, 9.17) is 4.74 Å². The highest BCUT2D eigenvalue weighted by atomic mass is 16.5. The van der Waals surface area contributed by atoms with Gasteiger partial charge >= 0.3 is 0 Å². The van der Waals surface area contributed by atoms with Gasteiger partial charge in [0, 0.05) is 12.1 Å². The molecule has 0 aliphatic carbocycles. The Hall–Kier alpha value is -2.37. The van der Waals surface area contributed by atoms with Gasteiger partial charge in [-0.25, -0.2) is 0 Å². The molecule has 2 rings (SSSR count). The van der Waals surface area contributed by atoms with Crippen LogP contribution in [0.15, 0.2) is 18.2 Å². The number of carbonyl (C=O) groups excluding carboxylic acids is 3. The molecule has 3 amide bonds. The lowest BCUT2D eigenvalue weighted by Crippen LogP contribution is -2.46. The molecule has 1 heterocycles. The standard InChI is InChI=1S/C17H22N2O4/c1-4-5-15(16(21)18-10-20)19-9-12-8-13(23-11(2)3)6-7-14(12)17(19)22/h6-8,10-11,15H,4-5,9H2,1-3H3,(H,18,20,21). The Kier molecular flexibility index (Phi) is 5.36. The van der Waals surface area contributed by atoms with E-state index in [1.165, 1.54) is 4.90 Å². The van der Waals surface area contributed by atoms with Gasteiger partial charge in [0.2, 0.25) is 12.3 Å². The summed E-state index contributed by atoms with van der Waals surface area (Å²) in [7, 11) is 0. The average molecular weight is 318 g/mol. The maximum absolute atomic E-state index is 12.6. The number of fused-ring (bicyclic) bond motifs is 1. The molecule has 0 saturated carbocycles. The minimum absolute atomic E-state index is 0.0486. The van der Waals surface area contributed by atoms with Crippen molar-refractivity contribution in [2.45, 2.75) is 52.3 Å². The lowest BCUT2D eigenvalue weighted by molar-refractivity contribution is -0.129. The van der Waals surface area contributed by atoms with Crippen LogP contribution in [0, 0.1) is 0 Å². The number of rotatable bonds is 7. The summed E-state index contributed by atoms with van der Waals surface area (Å²) >= 11 is 0. The Bertz CT molecular complexity index is 613. The van der Waals surface area contributed by atoms with Crippen molar-refractivity contribution < 1.29 is 19.1 Å². The van der Waals surface area contributed by atoms with Crippen LogP contribution >= 0.6 is 0 Å². The third-order valence-electron chi connectivity index (χ3n) is 3.72. The molecule has 1 aliphatic heterocycles. The molecule has 0 radical (unpaired) electrons. The smallest absolute Gasteiger partial charge is 0.255 e. The van der Waals surface area contributed by atoms with Gasteiger partial charge in [-0.05, 0) is 44.0 Å². The average Bonchev–Trinajstić information content (AvgIpc) is 2.80. The zero-order valence-electron chi connectivity index (χ0n) is 13.7. The molecule has 1 aromatic carbocycles. The van der Waals surface area contributed by atoms with E-state index in [0.717, 1.165) is 12.0 Å². The van der Waals surface area contributed by atoms with Crippen molar-refractivity contribution >= 4 is 18.2 Å². The molecule has 1 N–H and O–H groups in total. The van der Waals surface area contributed by atoms with Gasteiger partial charge in [0.15, 0.2) is 0 Å². The summed E-state index contributed by atoms with van der Waals surface area (Å²) in [4.78, 5) is 36.7. The van der Waals surface area contributed by atoms with Crippen LogP contribution in [0.2, 0.25) is 0 Å². The highest BCUT2D eigenvalue weighted by Gasteiger charge is 2.36. The quantitative estimate of drug-likeness (QED) is 0.779. The summed E-state index contributed by atoms with van der Waals surface area (Å²) < 4.78 is 5.65. The highest BCUT2D eigenvalue weighted by Crippen LogP contribution is 2.29. The molecule has 1 unspecified atom stereocenters. The van der Waals surface area contributed by atoms with Gasteiger partial charge < -0.3 is 9.64 Å². The Labute approximate surface area is 135 Å². The largest absolute Gasteiger partial charge is 0.491 e. The molecular formula is C17H22N2O4. The Balaban J connectivity index is 2.24. The van der Waals surface area contributed by atoms with E-state index in [-0.39, 0.29) is 12.0 Å². The predicted octanol–water partition coefficient (Wildman–Crippen LogP) is 1.87. The fourth-order valence-electron chi connectivity index (χ4n) is 2.77. The monoisotopic (exact) mass is 318 g/mol. The maximum Gasteiger partial charge on any atom is 0.255 e. The summed E-state index contributed by atoms with van der Waals surface area (Å²) in [6.45, 7) is 6.15. The van der Waals surface area contributed by atoms with Gasteiger partial charge in [-0.1, -0.05) is 13.3 Å². The van der Waals surface area contributed by atoms with E-state index in [9.17, 15) is 14.4 Å². The van der Waals surface area contributed by atoms with E-state index < -0.39 is 11.9 Å². The van der Waals surface area contributed by atoms with Crippen LogP contribution in [0.4, 0.5) is 0 Å². The Morgan fingerprint density at radius 2 is 2.17 bits per heavy atom. The second-order valence-electron chi connectivity index (χ2n) is 5.85. The topological polar surface area (TPSA) is 75.7 Å². The summed E-state index contributed by atoms with van der Waals surface area (Å²) in [6, 6.07) is 4.70. The number of nitrogens with zero attached hydrogens (tertiary/aromatic N) is 1. The number of imide groups is 1. The van der Waals surface area contributed by atoms with E-state index >= 15 is 0 Å². The molecule has 124 valence electrons. The first-order valence-electron chi connectivity index (χ1n) is 7.82. The lowest BCUT2D eigenvalue weighted by atomic mass is 10.1. The zero-order valence-corrected chi connectivity index (χ0v) is 13.7. The van der Waals surface area contributed by atoms with Crippen molar-refractivity contribution in [2.24, 2.45) is 0 Å². The molecule has 6 heteroatoms. The number of ether oxygens (including phenoxy) is 1. The SMILES string of the molecule is CCCC(C(=O)NC=O)N1Cc2cc(OC(C)C)ccc2C1=O. The highest BCUT2D eigenvalue weighted by molar-refractivity contribution is 6.02. The van der Waals surface area contributed by atoms with Crippen LogP contribution < -0.4 is 10.1 Å². The van der Waals surface area contributed by atoms with E-state index in [1.807, 2.05) is 26.8 Å². The first-order valence-corrected chi connectivity index (χ1v) is 7.82. The number of benzene rings is 1. The van der Waals surface area contributed by atoms with E-state index in [1.54, 1.807) is 12.1 Å². The summed E-state index contributed by atoms with van der Waals surface area (Å²) in [6.07, 6.45) is 1.65. The molecule has 0 fully saturated rings. The molecular weight excluding hydrogens is 296 g/mol. The predicted molar refractivity (Wildman–Crippen MR) is 85.0 cm³/mol. The van der Waals surface area contributed by atoms with Gasteiger partial charge in [-0.3, -0.25) is 19.7 Å². The normalized spacial score (nSPS) is 14.6. The maximum atomic E-state index is 12.6. The van der Waals surface area contributed by atoms with Gasteiger partial charge in [0.1, 0.15) is 11.8 Å². The minimum Gasteiger partial charge on any atom is -0.491 e. The molecule has 0 saturated heterocycles. The minimum atomic E-state index is -0.639. The van der Waals surface area contributed by atoms with E-state index in [0.29, 0.717) is 30.7 Å². The van der Waals surface area contributed by atoms with Crippen molar-refractivity contribution in [2.75, 3.05) is 0 Å². The summed E-state index contributed by atoms with van der Waals surface area (Å²) in [5, 5.41) is 2.15. The third-order valence-corrected chi connectivity index (χ3v) is 3.72. The van der Waals surface area contributed by atoms with Crippen molar-refractivity contribution in [3.63, 3.8) is 0 Å². The van der Waals surface area contributed by atoms with Gasteiger partial charge in [-0.15, -0.1) is 0 Å². The first-order chi connectivity index (χ1) is 11.0. The first kappa shape index (κ1) is 17.0. The van der Waals surface area contributed by atoms with Crippen LogP contribution in [0.25, 0.3) is 0 Å². The van der Waals surface area contributed by atoms with Crippen LogP contribution in [-0.2, 0) is 16.1 Å². The fraction of sp³-hybridized carbons (Fsp3) is 0.471. The van der Waals surface area contributed by atoms with Crippen molar-refractivity contribution in [1.29, 1.82) is 0 Å². The second-order valence-corrected chi connectivity index (χ2v) is 5.85. The van der Waals surface area contributed by atoms with Gasteiger partial charge in [0.05, 0.1) is 6.10 Å². The molecule has 1 aromatic rings. The summed E-state index contributed by atoms with van der Waals surface area (Å²) in [5.41, 5.74) is 1.43. The lowest BCUT2D eigenvalue weighted by Gasteiger charge is -2.25. The van der Waals surface area contributed by atoms with Crippen molar-refractivity contribution in [3.8, 4) is 5.75 Å². The van der Waals surface area contributed by atoms with Crippen LogP contribution in [0.5, 0.6) is 5.75 Å². The van der Waals surface area contributed by atoms with E-state index in [2.05, 4.69) is 5.32 Å². The second kappa shape index (κ2) is 7.26. The number of hydrogen-bond donors (Lipinski definition) is 1. The molecule has 23 heavy (non-hydrogen) atoms. The van der Waals surface area contributed by atoms with Crippen LogP contribution in [0.3, 0.4) is 0 Å². The number of amides is 3. The fourth-order valence-corrected chi connectivity index (χ4v) is 2.77. The molecule has 0 spiro atoms. The Morgan fingerprint density at radius 3 is 2.78 bits per heavy atom. The molecule has 0 bridgehead atoms. The third kappa shape index (κ3) is 3.70. The Morgan fingerprint density at radius 1 is 1.43 bits per heavy atom. The van der Waals surface area contributed by atoms with Gasteiger partial charge in [0.25, 0.3) is 5.91 Å². The molecule has 0 aromatic heterocycles. The number of nitrogens with one attached hydrogen (secondary N) is 1.